The Morgan fingerprint density at radius 2 is 1.66 bits per heavy atom. The predicted molar refractivity (Wildman–Crippen MR) is 122 cm³/mol. The van der Waals surface area contributed by atoms with Crippen molar-refractivity contribution in [2.24, 2.45) is 5.73 Å². The third-order valence-corrected chi connectivity index (χ3v) is 6.10. The molecule has 0 spiro atoms. The van der Waals surface area contributed by atoms with Crippen LogP contribution in [0.5, 0.6) is 0 Å². The highest BCUT2D eigenvalue weighted by Crippen LogP contribution is 2.20. The maximum Gasteiger partial charge on any atom is 0.320 e. The first-order valence-electron chi connectivity index (χ1n) is 11.6. The number of carbonyl (C=O) groups excluding carboxylic acids is 1. The largest absolute Gasteiger partial charge is 0.481 e. The molecule has 5 N–H and O–H groups in total. The zero-order valence-electron chi connectivity index (χ0n) is 18.7. The zero-order valence-corrected chi connectivity index (χ0v) is 18.7. The van der Waals surface area contributed by atoms with Gasteiger partial charge in [-0.1, -0.05) is 36.8 Å². The van der Waals surface area contributed by atoms with Gasteiger partial charge in [0.25, 0.3) is 0 Å². The molecule has 178 valence electrons. The Balaban J connectivity index is 2.13. The van der Waals surface area contributed by atoms with Crippen LogP contribution in [0.4, 0.5) is 0 Å². The molecule has 0 aliphatic carbocycles. The number of nitrogens with zero attached hydrogens (tertiary/aromatic N) is 1. The van der Waals surface area contributed by atoms with Gasteiger partial charge in [-0.15, -0.1) is 0 Å². The molecule has 8 nitrogen and oxygen atoms in total. The zero-order chi connectivity index (χ0) is 23.3. The van der Waals surface area contributed by atoms with E-state index in [9.17, 15) is 19.5 Å². The molecule has 0 amide bonds. The fourth-order valence-corrected chi connectivity index (χ4v) is 4.33. The molecule has 3 atom stereocenters. The number of likely N-dealkylation sites (tertiary alicyclic amines) is 1. The molecule has 1 aliphatic heterocycles. The maximum atomic E-state index is 13.5. The minimum atomic E-state index is -0.985. The van der Waals surface area contributed by atoms with E-state index in [0.29, 0.717) is 32.2 Å². The van der Waals surface area contributed by atoms with Crippen LogP contribution in [0.15, 0.2) is 30.3 Å². The smallest absolute Gasteiger partial charge is 0.320 e. The maximum absolute atomic E-state index is 13.5. The van der Waals surface area contributed by atoms with E-state index in [1.807, 2.05) is 30.3 Å². The molecule has 0 bridgehead atoms. The van der Waals surface area contributed by atoms with E-state index in [1.165, 1.54) is 0 Å². The van der Waals surface area contributed by atoms with E-state index in [-0.39, 0.29) is 18.6 Å². The van der Waals surface area contributed by atoms with Crippen LogP contribution in [0, 0.1) is 0 Å². The molecule has 32 heavy (non-hydrogen) atoms. The van der Waals surface area contributed by atoms with Gasteiger partial charge in [0.05, 0.1) is 12.1 Å². The van der Waals surface area contributed by atoms with E-state index in [1.54, 1.807) is 0 Å². The number of ketones is 1. The Kier molecular flexibility index (Phi) is 11.3. The molecule has 0 unspecified atom stereocenters. The molecular formula is C24H37N3O5. The quantitative estimate of drug-likeness (QED) is 0.283. The van der Waals surface area contributed by atoms with Crippen molar-refractivity contribution in [3.05, 3.63) is 35.9 Å². The number of nitrogens with one attached hydrogen (secondary N) is 1. The number of hydrogen-bond acceptors (Lipinski definition) is 6. The molecule has 1 heterocycles. The van der Waals surface area contributed by atoms with Crippen LogP contribution in [0.3, 0.4) is 0 Å². The number of carbonyl (C=O) groups is 3. The van der Waals surface area contributed by atoms with Crippen LogP contribution in [0.25, 0.3) is 0 Å². The number of aryl methyl sites for hydroxylation is 1. The highest BCUT2D eigenvalue weighted by molar-refractivity contribution is 5.90. The van der Waals surface area contributed by atoms with Crippen molar-refractivity contribution in [3.63, 3.8) is 0 Å². The summed E-state index contributed by atoms with van der Waals surface area (Å²) < 4.78 is 0. The Morgan fingerprint density at radius 1 is 0.969 bits per heavy atom. The van der Waals surface area contributed by atoms with Crippen molar-refractivity contribution >= 4 is 17.7 Å². The lowest BCUT2D eigenvalue weighted by atomic mass is 9.94. The summed E-state index contributed by atoms with van der Waals surface area (Å²) in [6.45, 7) is 2.04. The van der Waals surface area contributed by atoms with Gasteiger partial charge in [-0.2, -0.15) is 0 Å². The van der Waals surface area contributed by atoms with E-state index in [0.717, 1.165) is 37.9 Å². The molecule has 0 aromatic heterocycles. The second-order valence-electron chi connectivity index (χ2n) is 8.51. The van der Waals surface area contributed by atoms with Crippen molar-refractivity contribution in [1.82, 2.24) is 10.2 Å². The van der Waals surface area contributed by atoms with Gasteiger partial charge in [-0.05, 0) is 70.1 Å². The number of hydrogen-bond donors (Lipinski definition) is 4. The first-order valence-corrected chi connectivity index (χ1v) is 11.6. The van der Waals surface area contributed by atoms with Gasteiger partial charge in [0, 0.05) is 6.42 Å². The third-order valence-electron chi connectivity index (χ3n) is 6.10. The van der Waals surface area contributed by atoms with E-state index < -0.39 is 30.1 Å². The highest BCUT2D eigenvalue weighted by atomic mass is 16.4. The number of Topliss-reactive ketones (excluding diaryl/α,β-unsaturated/α-hetero) is 1. The molecular weight excluding hydrogens is 410 g/mol. The highest BCUT2D eigenvalue weighted by Gasteiger charge is 2.34. The van der Waals surface area contributed by atoms with Crippen LogP contribution < -0.4 is 11.1 Å². The van der Waals surface area contributed by atoms with Crippen LogP contribution in [0.1, 0.15) is 56.9 Å². The summed E-state index contributed by atoms with van der Waals surface area (Å²) >= 11 is 0. The summed E-state index contributed by atoms with van der Waals surface area (Å²) in [7, 11) is 0. The average Bonchev–Trinajstić information content (AvgIpc) is 3.30. The monoisotopic (exact) mass is 447 g/mol. The Morgan fingerprint density at radius 3 is 2.25 bits per heavy atom. The number of aliphatic carboxylic acids is 2. The van der Waals surface area contributed by atoms with Gasteiger partial charge in [0.15, 0.2) is 5.78 Å². The van der Waals surface area contributed by atoms with Crippen LogP contribution >= 0.6 is 0 Å². The second-order valence-corrected chi connectivity index (χ2v) is 8.51. The molecule has 2 rings (SSSR count). The topological polar surface area (TPSA) is 133 Å². The van der Waals surface area contributed by atoms with Gasteiger partial charge < -0.3 is 15.9 Å². The van der Waals surface area contributed by atoms with Gasteiger partial charge in [-0.25, -0.2) is 0 Å². The molecule has 1 fully saturated rings. The third kappa shape index (κ3) is 8.68. The standard InChI is InChI=1S/C24H37N3O5/c25-15-5-4-10-19(23(30)21(13-14-22(28)29)27-16-6-7-17-27)26-20(24(31)32)12-11-18-8-2-1-3-9-18/h1-3,8-9,19-21,26H,4-7,10-17,25H2,(H,28,29)(H,31,32)/t19-,20-,21-/m0/s1. The first-order chi connectivity index (χ1) is 15.4. The summed E-state index contributed by atoms with van der Waals surface area (Å²) in [5.41, 5.74) is 6.66. The fraction of sp³-hybridized carbons (Fsp3) is 0.625. The number of nitrogens with two attached hydrogens (primary N) is 1. The summed E-state index contributed by atoms with van der Waals surface area (Å²) in [6.07, 6.45) is 5.01. The van der Waals surface area contributed by atoms with Gasteiger partial charge in [-0.3, -0.25) is 24.6 Å². The van der Waals surface area contributed by atoms with Gasteiger partial charge in [0.1, 0.15) is 6.04 Å². The minimum absolute atomic E-state index is 0.0845. The van der Waals surface area contributed by atoms with E-state index >= 15 is 0 Å². The number of unbranched alkanes of at least 4 members (excludes halogenated alkanes) is 1. The molecule has 0 saturated carbocycles. The van der Waals surface area contributed by atoms with E-state index in [4.69, 9.17) is 10.8 Å². The number of carboxylic acids is 2. The SMILES string of the molecule is NCCCC[C@H](N[C@@H](CCc1ccccc1)C(=O)O)C(=O)[C@H](CCC(=O)O)N1CCCC1. The van der Waals surface area contributed by atoms with E-state index in [2.05, 4.69) is 10.2 Å². The van der Waals surface area contributed by atoms with Crippen molar-refractivity contribution in [3.8, 4) is 0 Å². The molecule has 8 heteroatoms. The summed E-state index contributed by atoms with van der Waals surface area (Å²) in [4.78, 5) is 38.7. The van der Waals surface area contributed by atoms with Crippen LogP contribution in [-0.4, -0.2) is 70.6 Å². The molecule has 1 saturated heterocycles. The Hall–Kier alpha value is -2.29. The fourth-order valence-electron chi connectivity index (χ4n) is 4.33. The van der Waals surface area contributed by atoms with Crippen molar-refractivity contribution in [2.45, 2.75) is 75.9 Å². The Labute approximate surface area is 190 Å². The van der Waals surface area contributed by atoms with Crippen LogP contribution in [-0.2, 0) is 20.8 Å². The average molecular weight is 448 g/mol. The van der Waals surface area contributed by atoms with Crippen molar-refractivity contribution < 1.29 is 24.6 Å². The number of benzene rings is 1. The lowest BCUT2D eigenvalue weighted by molar-refractivity contribution is -0.140. The molecule has 0 radical (unpaired) electrons. The number of rotatable bonds is 16. The number of carboxylic acid groups (broad SMARTS) is 2. The normalized spacial score (nSPS) is 17.0. The lowest BCUT2D eigenvalue weighted by Crippen LogP contribution is -2.53. The van der Waals surface area contributed by atoms with Crippen molar-refractivity contribution in [2.75, 3.05) is 19.6 Å². The summed E-state index contributed by atoms with van der Waals surface area (Å²) in [5.74, 6) is -2.02. The Bertz CT molecular complexity index is 722. The van der Waals surface area contributed by atoms with Crippen LogP contribution in [0.2, 0.25) is 0 Å². The van der Waals surface area contributed by atoms with Crippen molar-refractivity contribution in [1.29, 1.82) is 0 Å². The summed E-state index contributed by atoms with van der Waals surface area (Å²) in [5, 5.41) is 22.1. The molecule has 1 aromatic carbocycles. The minimum Gasteiger partial charge on any atom is -0.481 e. The van der Waals surface area contributed by atoms with Gasteiger partial charge >= 0.3 is 11.9 Å². The predicted octanol–water partition coefficient (Wildman–Crippen LogP) is 2.06. The first kappa shape index (κ1) is 26.0. The lowest BCUT2D eigenvalue weighted by Gasteiger charge is -2.31. The molecule has 1 aliphatic rings. The van der Waals surface area contributed by atoms with Gasteiger partial charge in [0.2, 0.25) is 0 Å². The molecule has 1 aromatic rings. The summed E-state index contributed by atoms with van der Waals surface area (Å²) in [6, 6.07) is 7.65. The second kappa shape index (κ2) is 14.0.